The highest BCUT2D eigenvalue weighted by Gasteiger charge is 2.15. The Morgan fingerprint density at radius 2 is 2.00 bits per heavy atom. The molecule has 3 aromatic rings. The number of rotatable bonds is 8. The SMILES string of the molecule is CN(C)CCCn1cc(-c2ccccc2)c(Nc2cnccc2C(=O)O)n1. The zero-order valence-electron chi connectivity index (χ0n) is 15.5. The van der Waals surface area contributed by atoms with Crippen LogP contribution in [-0.4, -0.2) is 51.4 Å². The second-order valence-corrected chi connectivity index (χ2v) is 6.53. The Labute approximate surface area is 158 Å². The van der Waals surface area contributed by atoms with Crippen molar-refractivity contribution in [1.29, 1.82) is 0 Å². The van der Waals surface area contributed by atoms with E-state index in [1.807, 2.05) is 55.3 Å². The Hall–Kier alpha value is -3.19. The quantitative estimate of drug-likeness (QED) is 0.637. The summed E-state index contributed by atoms with van der Waals surface area (Å²) in [7, 11) is 4.09. The van der Waals surface area contributed by atoms with Gasteiger partial charge in [0.1, 0.15) is 0 Å². The van der Waals surface area contributed by atoms with Crippen molar-refractivity contribution in [2.24, 2.45) is 0 Å². The number of nitrogens with zero attached hydrogens (tertiary/aromatic N) is 4. The first-order chi connectivity index (χ1) is 13.0. The predicted octanol–water partition coefficient (Wildman–Crippen LogP) is 3.34. The summed E-state index contributed by atoms with van der Waals surface area (Å²) in [6.45, 7) is 1.74. The van der Waals surface area contributed by atoms with E-state index in [2.05, 4.69) is 20.3 Å². The summed E-state index contributed by atoms with van der Waals surface area (Å²) in [5.74, 6) is -0.395. The molecule has 0 saturated heterocycles. The van der Waals surface area contributed by atoms with Crippen LogP contribution in [0.25, 0.3) is 11.1 Å². The summed E-state index contributed by atoms with van der Waals surface area (Å²) in [6, 6.07) is 11.4. The van der Waals surface area contributed by atoms with Crippen LogP contribution in [0.3, 0.4) is 0 Å². The van der Waals surface area contributed by atoms with Gasteiger partial charge in [0, 0.05) is 24.5 Å². The van der Waals surface area contributed by atoms with E-state index < -0.39 is 5.97 Å². The molecule has 0 bridgehead atoms. The molecule has 2 heterocycles. The van der Waals surface area contributed by atoms with Crippen LogP contribution in [0.15, 0.2) is 55.0 Å². The predicted molar refractivity (Wildman–Crippen MR) is 105 cm³/mol. The first kappa shape index (κ1) is 18.6. The van der Waals surface area contributed by atoms with Gasteiger partial charge in [0.25, 0.3) is 0 Å². The van der Waals surface area contributed by atoms with Gasteiger partial charge in [-0.15, -0.1) is 0 Å². The Bertz CT molecular complexity index is 906. The molecular weight excluding hydrogens is 342 g/mol. The molecule has 2 aromatic heterocycles. The normalized spacial score (nSPS) is 10.9. The third kappa shape index (κ3) is 4.71. The number of benzene rings is 1. The third-order valence-corrected chi connectivity index (χ3v) is 4.14. The molecule has 3 rings (SSSR count). The Balaban J connectivity index is 1.93. The van der Waals surface area contributed by atoms with Crippen LogP contribution in [0.1, 0.15) is 16.8 Å². The maximum Gasteiger partial charge on any atom is 0.337 e. The first-order valence-corrected chi connectivity index (χ1v) is 8.76. The molecule has 7 heteroatoms. The van der Waals surface area contributed by atoms with Crippen molar-refractivity contribution >= 4 is 17.5 Å². The monoisotopic (exact) mass is 365 g/mol. The highest BCUT2D eigenvalue weighted by atomic mass is 16.4. The molecule has 0 fully saturated rings. The van der Waals surface area contributed by atoms with Crippen LogP contribution >= 0.6 is 0 Å². The number of carboxylic acids is 1. The van der Waals surface area contributed by atoms with Gasteiger partial charge < -0.3 is 15.3 Å². The average molecular weight is 365 g/mol. The summed E-state index contributed by atoms with van der Waals surface area (Å²) < 4.78 is 1.89. The number of hydrogen-bond acceptors (Lipinski definition) is 5. The molecule has 0 saturated carbocycles. The summed E-state index contributed by atoms with van der Waals surface area (Å²) in [5.41, 5.74) is 2.51. The van der Waals surface area contributed by atoms with Crippen LogP contribution in [0.2, 0.25) is 0 Å². The molecule has 0 spiro atoms. The average Bonchev–Trinajstić information content (AvgIpc) is 3.05. The fourth-order valence-electron chi connectivity index (χ4n) is 2.81. The minimum absolute atomic E-state index is 0.158. The van der Waals surface area contributed by atoms with Gasteiger partial charge in [0.05, 0.1) is 17.4 Å². The molecule has 0 aliphatic carbocycles. The van der Waals surface area contributed by atoms with E-state index in [9.17, 15) is 9.90 Å². The molecule has 0 aliphatic rings. The van der Waals surface area contributed by atoms with Crippen molar-refractivity contribution in [3.8, 4) is 11.1 Å². The highest BCUT2D eigenvalue weighted by molar-refractivity contribution is 5.95. The molecule has 0 amide bonds. The number of carbonyl (C=O) groups is 1. The lowest BCUT2D eigenvalue weighted by Gasteiger charge is -2.09. The van der Waals surface area contributed by atoms with Crippen molar-refractivity contribution in [1.82, 2.24) is 19.7 Å². The van der Waals surface area contributed by atoms with Gasteiger partial charge in [-0.05, 0) is 38.7 Å². The van der Waals surface area contributed by atoms with Crippen molar-refractivity contribution in [2.75, 3.05) is 26.0 Å². The molecular formula is C20H23N5O2. The second kappa shape index (κ2) is 8.46. The zero-order valence-corrected chi connectivity index (χ0v) is 15.5. The molecule has 2 N–H and O–H groups in total. The molecule has 7 nitrogen and oxygen atoms in total. The van der Waals surface area contributed by atoms with E-state index in [1.54, 1.807) is 0 Å². The van der Waals surface area contributed by atoms with Crippen LogP contribution in [0.4, 0.5) is 11.5 Å². The standard InChI is InChI=1S/C20H23N5O2/c1-24(2)11-6-12-25-14-17(15-7-4-3-5-8-15)19(23-25)22-18-13-21-10-9-16(18)20(26)27/h3-5,7-10,13-14H,6,11-12H2,1-2H3,(H,22,23)(H,26,27). The Morgan fingerprint density at radius 3 is 2.70 bits per heavy atom. The molecule has 1 aromatic carbocycles. The minimum atomic E-state index is -1.01. The largest absolute Gasteiger partial charge is 0.478 e. The minimum Gasteiger partial charge on any atom is -0.478 e. The molecule has 0 aliphatic heterocycles. The van der Waals surface area contributed by atoms with Gasteiger partial charge in [-0.2, -0.15) is 5.10 Å². The molecule has 140 valence electrons. The molecule has 27 heavy (non-hydrogen) atoms. The maximum absolute atomic E-state index is 11.5. The van der Waals surface area contributed by atoms with E-state index >= 15 is 0 Å². The molecule has 0 atom stereocenters. The number of pyridine rings is 1. The van der Waals surface area contributed by atoms with Crippen LogP contribution in [0.5, 0.6) is 0 Å². The summed E-state index contributed by atoms with van der Waals surface area (Å²) in [5, 5.41) is 17.2. The lowest BCUT2D eigenvalue weighted by Crippen LogP contribution is -2.15. The summed E-state index contributed by atoms with van der Waals surface area (Å²) in [4.78, 5) is 17.6. The van der Waals surface area contributed by atoms with Gasteiger partial charge in [0.15, 0.2) is 5.82 Å². The number of aryl methyl sites for hydroxylation is 1. The lowest BCUT2D eigenvalue weighted by molar-refractivity contribution is 0.0698. The van der Waals surface area contributed by atoms with Gasteiger partial charge >= 0.3 is 5.97 Å². The topological polar surface area (TPSA) is 83.3 Å². The fourth-order valence-corrected chi connectivity index (χ4v) is 2.81. The van der Waals surface area contributed by atoms with E-state index in [0.29, 0.717) is 11.5 Å². The van der Waals surface area contributed by atoms with Gasteiger partial charge in [-0.1, -0.05) is 30.3 Å². The summed E-state index contributed by atoms with van der Waals surface area (Å²) in [6.07, 6.45) is 5.93. The van der Waals surface area contributed by atoms with E-state index in [0.717, 1.165) is 30.6 Å². The second-order valence-electron chi connectivity index (χ2n) is 6.53. The van der Waals surface area contributed by atoms with E-state index in [4.69, 9.17) is 0 Å². The van der Waals surface area contributed by atoms with Crippen molar-refractivity contribution in [3.63, 3.8) is 0 Å². The number of nitrogens with one attached hydrogen (secondary N) is 1. The lowest BCUT2D eigenvalue weighted by atomic mass is 10.1. The van der Waals surface area contributed by atoms with Crippen molar-refractivity contribution in [3.05, 3.63) is 60.6 Å². The van der Waals surface area contributed by atoms with E-state index in [-0.39, 0.29) is 5.56 Å². The van der Waals surface area contributed by atoms with Crippen molar-refractivity contribution in [2.45, 2.75) is 13.0 Å². The van der Waals surface area contributed by atoms with Crippen LogP contribution in [0, 0.1) is 0 Å². The number of aromatic carboxylic acids is 1. The number of carboxylic acid groups (broad SMARTS) is 1. The summed E-state index contributed by atoms with van der Waals surface area (Å²) >= 11 is 0. The Kier molecular flexibility index (Phi) is 5.83. The van der Waals surface area contributed by atoms with Gasteiger partial charge in [0.2, 0.25) is 0 Å². The van der Waals surface area contributed by atoms with Crippen molar-refractivity contribution < 1.29 is 9.90 Å². The number of aromatic nitrogens is 3. The van der Waals surface area contributed by atoms with E-state index in [1.165, 1.54) is 18.5 Å². The third-order valence-electron chi connectivity index (χ3n) is 4.14. The van der Waals surface area contributed by atoms with Gasteiger partial charge in [-0.3, -0.25) is 9.67 Å². The maximum atomic E-state index is 11.5. The van der Waals surface area contributed by atoms with Crippen LogP contribution in [-0.2, 0) is 6.54 Å². The molecule has 0 radical (unpaired) electrons. The highest BCUT2D eigenvalue weighted by Crippen LogP contribution is 2.30. The molecule has 0 unspecified atom stereocenters. The number of anilines is 2. The van der Waals surface area contributed by atoms with Gasteiger partial charge in [-0.25, -0.2) is 4.79 Å². The zero-order chi connectivity index (χ0) is 19.2. The fraction of sp³-hybridized carbons (Fsp3) is 0.250. The van der Waals surface area contributed by atoms with Crippen LogP contribution < -0.4 is 5.32 Å². The Morgan fingerprint density at radius 1 is 1.22 bits per heavy atom. The smallest absolute Gasteiger partial charge is 0.337 e. The first-order valence-electron chi connectivity index (χ1n) is 8.76. The number of hydrogen-bond donors (Lipinski definition) is 2.